The van der Waals surface area contributed by atoms with Crippen molar-refractivity contribution in [3.8, 4) is 5.88 Å². The van der Waals surface area contributed by atoms with Gasteiger partial charge in [0.1, 0.15) is 5.02 Å². The van der Waals surface area contributed by atoms with Gasteiger partial charge in [0, 0.05) is 18.0 Å². The van der Waals surface area contributed by atoms with Crippen LogP contribution in [0.1, 0.15) is 34.5 Å². The number of carboxylic acid groups (broad SMARTS) is 1. The third kappa shape index (κ3) is 3.86. The zero-order chi connectivity index (χ0) is 18.7. The summed E-state index contributed by atoms with van der Waals surface area (Å²) < 4.78 is 5.19. The largest absolute Gasteiger partial charge is 0.480 e. The van der Waals surface area contributed by atoms with Crippen molar-refractivity contribution in [1.29, 1.82) is 0 Å². The van der Waals surface area contributed by atoms with Crippen LogP contribution in [0.2, 0.25) is 5.02 Å². The standard InChI is InChI=1S/C19H17ClN2O4/c1-26-18-15(20)7-8-16(22-18)14(10-13-6-9-17(23)21-13)11-2-4-12(5-3-11)19(24)25/h2-5,7-8,10,13H,6,9H2,1H3,(H,21,23)(H,24,25)/t13-/m1/s1. The molecule has 7 heteroatoms. The highest BCUT2D eigenvalue weighted by molar-refractivity contribution is 6.31. The minimum absolute atomic E-state index is 0.00784. The summed E-state index contributed by atoms with van der Waals surface area (Å²) in [5.41, 5.74) is 2.37. The highest BCUT2D eigenvalue weighted by Gasteiger charge is 2.21. The van der Waals surface area contributed by atoms with Gasteiger partial charge in [-0.3, -0.25) is 4.79 Å². The van der Waals surface area contributed by atoms with Gasteiger partial charge in [0.15, 0.2) is 0 Å². The summed E-state index contributed by atoms with van der Waals surface area (Å²) in [6.45, 7) is 0. The maximum absolute atomic E-state index is 11.5. The van der Waals surface area contributed by atoms with Crippen molar-refractivity contribution in [3.63, 3.8) is 0 Å². The van der Waals surface area contributed by atoms with Gasteiger partial charge in [0.25, 0.3) is 0 Å². The number of hydrogen-bond acceptors (Lipinski definition) is 4. The Bertz CT molecular complexity index is 878. The molecular formula is C19H17ClN2O4. The Morgan fingerprint density at radius 1 is 1.27 bits per heavy atom. The molecular weight excluding hydrogens is 356 g/mol. The predicted octanol–water partition coefficient (Wildman–Crippen LogP) is 3.15. The van der Waals surface area contributed by atoms with Crippen molar-refractivity contribution in [1.82, 2.24) is 10.3 Å². The Kier molecular flexibility index (Phi) is 5.23. The van der Waals surface area contributed by atoms with Crippen LogP contribution in [0.15, 0.2) is 42.5 Å². The molecule has 1 aromatic carbocycles. The Morgan fingerprint density at radius 2 is 1.96 bits per heavy atom. The van der Waals surface area contributed by atoms with E-state index >= 15 is 0 Å². The van der Waals surface area contributed by atoms with Crippen molar-refractivity contribution >= 4 is 29.1 Å². The van der Waals surface area contributed by atoms with Crippen LogP contribution in [0.25, 0.3) is 5.57 Å². The van der Waals surface area contributed by atoms with Gasteiger partial charge in [-0.2, -0.15) is 0 Å². The van der Waals surface area contributed by atoms with Crippen LogP contribution < -0.4 is 10.1 Å². The van der Waals surface area contributed by atoms with Crippen LogP contribution in [0.5, 0.6) is 5.88 Å². The number of amides is 1. The van der Waals surface area contributed by atoms with E-state index in [9.17, 15) is 9.59 Å². The first-order valence-corrected chi connectivity index (χ1v) is 8.41. The van der Waals surface area contributed by atoms with Crippen LogP contribution in [0, 0.1) is 0 Å². The van der Waals surface area contributed by atoms with Gasteiger partial charge < -0.3 is 15.2 Å². The van der Waals surface area contributed by atoms with Crippen LogP contribution in [0.3, 0.4) is 0 Å². The molecule has 1 aliphatic heterocycles. The fourth-order valence-electron chi connectivity index (χ4n) is 2.80. The first-order chi connectivity index (χ1) is 12.5. The molecule has 26 heavy (non-hydrogen) atoms. The van der Waals surface area contributed by atoms with E-state index in [-0.39, 0.29) is 17.5 Å². The van der Waals surface area contributed by atoms with Gasteiger partial charge in [0.2, 0.25) is 11.8 Å². The number of carbonyl (C=O) groups is 2. The van der Waals surface area contributed by atoms with E-state index in [0.717, 1.165) is 11.1 Å². The lowest BCUT2D eigenvalue weighted by Gasteiger charge is -2.13. The summed E-state index contributed by atoms with van der Waals surface area (Å²) in [4.78, 5) is 27.0. The minimum Gasteiger partial charge on any atom is -0.480 e. The molecule has 1 aromatic heterocycles. The Balaban J connectivity index is 2.05. The Hall–Kier alpha value is -2.86. The van der Waals surface area contributed by atoms with E-state index in [2.05, 4.69) is 10.3 Å². The zero-order valence-corrected chi connectivity index (χ0v) is 14.8. The Morgan fingerprint density at radius 3 is 2.54 bits per heavy atom. The van der Waals surface area contributed by atoms with Gasteiger partial charge in [0.05, 0.1) is 18.4 Å². The SMILES string of the molecule is COc1nc(C(=C[C@H]2CCC(=O)N2)c2ccc(C(=O)O)cc2)ccc1Cl. The van der Waals surface area contributed by atoms with E-state index in [4.69, 9.17) is 21.4 Å². The number of nitrogens with one attached hydrogen (secondary N) is 1. The van der Waals surface area contributed by atoms with E-state index in [1.807, 2.05) is 6.08 Å². The molecule has 2 N–H and O–H groups in total. The van der Waals surface area contributed by atoms with Crippen molar-refractivity contribution in [2.45, 2.75) is 18.9 Å². The molecule has 1 atom stereocenters. The summed E-state index contributed by atoms with van der Waals surface area (Å²) in [5, 5.41) is 12.4. The molecule has 0 aliphatic carbocycles. The van der Waals surface area contributed by atoms with Crippen molar-refractivity contribution < 1.29 is 19.4 Å². The number of pyridine rings is 1. The second-order valence-corrected chi connectivity index (χ2v) is 6.27. The molecule has 1 amide bonds. The average Bonchev–Trinajstić information content (AvgIpc) is 3.05. The molecule has 2 aromatic rings. The third-order valence-electron chi connectivity index (χ3n) is 4.12. The number of nitrogens with zero attached hydrogens (tertiary/aromatic N) is 1. The number of benzene rings is 1. The third-order valence-corrected chi connectivity index (χ3v) is 4.41. The fraction of sp³-hybridized carbons (Fsp3) is 0.211. The fourth-order valence-corrected chi connectivity index (χ4v) is 2.98. The van der Waals surface area contributed by atoms with Crippen molar-refractivity contribution in [3.05, 3.63) is 64.3 Å². The lowest BCUT2D eigenvalue weighted by Crippen LogP contribution is -2.23. The number of aromatic nitrogens is 1. The highest BCUT2D eigenvalue weighted by atomic mass is 35.5. The normalized spacial score (nSPS) is 17.1. The summed E-state index contributed by atoms with van der Waals surface area (Å²) in [6, 6.07) is 9.84. The second-order valence-electron chi connectivity index (χ2n) is 5.86. The van der Waals surface area contributed by atoms with E-state index in [1.54, 1.807) is 24.3 Å². The molecule has 0 radical (unpaired) electrons. The minimum atomic E-state index is -0.989. The van der Waals surface area contributed by atoms with E-state index < -0.39 is 5.97 Å². The second kappa shape index (κ2) is 7.58. The summed E-state index contributed by atoms with van der Waals surface area (Å²) >= 11 is 6.06. The summed E-state index contributed by atoms with van der Waals surface area (Å²) in [7, 11) is 1.49. The first-order valence-electron chi connectivity index (χ1n) is 8.03. The van der Waals surface area contributed by atoms with Gasteiger partial charge >= 0.3 is 5.97 Å². The number of ether oxygens (including phenoxy) is 1. The number of carbonyl (C=O) groups excluding carboxylic acids is 1. The van der Waals surface area contributed by atoms with Crippen LogP contribution in [0.4, 0.5) is 0 Å². The molecule has 3 rings (SSSR count). The smallest absolute Gasteiger partial charge is 0.335 e. The van der Waals surface area contributed by atoms with Crippen LogP contribution in [-0.4, -0.2) is 35.1 Å². The number of carboxylic acids is 1. The van der Waals surface area contributed by atoms with Gasteiger partial charge in [-0.25, -0.2) is 9.78 Å². The molecule has 1 saturated heterocycles. The van der Waals surface area contributed by atoms with Gasteiger partial charge in [-0.15, -0.1) is 0 Å². The molecule has 0 unspecified atom stereocenters. The summed E-state index contributed by atoms with van der Waals surface area (Å²) in [6.07, 6.45) is 3.10. The number of rotatable bonds is 5. The maximum atomic E-state index is 11.5. The predicted molar refractivity (Wildman–Crippen MR) is 97.4 cm³/mol. The Labute approximate surface area is 155 Å². The van der Waals surface area contributed by atoms with Crippen LogP contribution >= 0.6 is 11.6 Å². The lowest BCUT2D eigenvalue weighted by molar-refractivity contribution is -0.119. The molecule has 0 spiro atoms. The quantitative estimate of drug-likeness (QED) is 0.841. The molecule has 0 saturated carbocycles. The average molecular weight is 373 g/mol. The molecule has 134 valence electrons. The topological polar surface area (TPSA) is 88.5 Å². The van der Waals surface area contributed by atoms with Crippen molar-refractivity contribution in [2.24, 2.45) is 0 Å². The molecule has 1 aliphatic rings. The zero-order valence-electron chi connectivity index (χ0n) is 14.0. The molecule has 0 bridgehead atoms. The lowest BCUT2D eigenvalue weighted by atomic mass is 9.98. The number of halogens is 1. The molecule has 1 fully saturated rings. The van der Waals surface area contributed by atoms with Crippen molar-refractivity contribution in [2.75, 3.05) is 7.11 Å². The maximum Gasteiger partial charge on any atom is 0.335 e. The monoisotopic (exact) mass is 372 g/mol. The van der Waals surface area contributed by atoms with Crippen LogP contribution in [-0.2, 0) is 4.79 Å². The summed E-state index contributed by atoms with van der Waals surface area (Å²) in [5.74, 6) is -0.683. The van der Waals surface area contributed by atoms with Gasteiger partial charge in [-0.05, 0) is 36.2 Å². The number of methoxy groups -OCH3 is 1. The highest BCUT2D eigenvalue weighted by Crippen LogP contribution is 2.29. The molecule has 6 nitrogen and oxygen atoms in total. The van der Waals surface area contributed by atoms with E-state index in [1.165, 1.54) is 19.2 Å². The molecule has 2 heterocycles. The first kappa shape index (κ1) is 17.9. The van der Waals surface area contributed by atoms with Gasteiger partial charge in [-0.1, -0.05) is 29.8 Å². The number of aromatic carboxylic acids is 1. The number of hydrogen-bond donors (Lipinski definition) is 2. The van der Waals surface area contributed by atoms with E-state index in [0.29, 0.717) is 29.4 Å².